The molecule has 1 aliphatic carbocycles. The molecule has 7 heteroatoms. The largest absolute Gasteiger partial charge is 0.456 e. The fourth-order valence-corrected chi connectivity index (χ4v) is 3.96. The van der Waals surface area contributed by atoms with Crippen LogP contribution in [0, 0.1) is 11.7 Å². The van der Waals surface area contributed by atoms with Crippen LogP contribution in [-0.2, 0) is 4.74 Å². The molecule has 0 saturated heterocycles. The highest BCUT2D eigenvalue weighted by molar-refractivity contribution is 6.47. The van der Waals surface area contributed by atoms with Crippen LogP contribution in [0.25, 0.3) is 0 Å². The summed E-state index contributed by atoms with van der Waals surface area (Å²) in [6.45, 7) is 7.71. The molecule has 0 bridgehead atoms. The Morgan fingerprint density at radius 1 is 1.28 bits per heavy atom. The molecule has 1 aromatic carbocycles. The molecule has 1 fully saturated rings. The number of hydrogen-bond donors (Lipinski definition) is 2. The summed E-state index contributed by atoms with van der Waals surface area (Å²) in [5.74, 6) is -0.842. The first-order chi connectivity index (χ1) is 13.5. The van der Waals surface area contributed by atoms with E-state index in [0.717, 1.165) is 25.7 Å². The molecule has 2 aliphatic rings. The molecule has 1 atom stereocenters. The predicted molar refractivity (Wildman–Crippen MR) is 111 cm³/mol. The van der Waals surface area contributed by atoms with Gasteiger partial charge in [-0.05, 0) is 71.4 Å². The Morgan fingerprint density at radius 2 is 1.93 bits per heavy atom. The van der Waals surface area contributed by atoms with Crippen LogP contribution in [-0.4, -0.2) is 46.4 Å². The molecule has 1 aromatic rings. The van der Waals surface area contributed by atoms with Crippen LogP contribution in [0.4, 0.5) is 4.39 Å². The molecule has 0 amide bonds. The van der Waals surface area contributed by atoms with E-state index in [1.807, 2.05) is 6.92 Å². The smallest absolute Gasteiger partial charge is 0.341 e. The number of aliphatic imine (C=N–C) groups is 2. The van der Waals surface area contributed by atoms with Gasteiger partial charge in [0.2, 0.25) is 0 Å². The van der Waals surface area contributed by atoms with Gasteiger partial charge in [0, 0.05) is 5.56 Å². The molecule has 1 heterocycles. The third-order valence-electron chi connectivity index (χ3n) is 5.62. The van der Waals surface area contributed by atoms with Crippen LogP contribution in [0.2, 0.25) is 0 Å². The average molecular weight is 403 g/mol. The standard InChI is InChI=1S/C22H30FN3O3/c1-21(2,3)29-20(28)16-10-5-13(11-17(16)23)18-19(24)25-12-22(4,26-18)14-6-8-15(27)9-7-14/h5,10-11,14-15,27H,6-9,12H2,1-4H3,(H2,24,25)/t14-,15-,22?. The number of amidine groups is 1. The molecule has 6 nitrogen and oxygen atoms in total. The Labute approximate surface area is 171 Å². The van der Waals surface area contributed by atoms with E-state index in [9.17, 15) is 14.3 Å². The minimum atomic E-state index is -0.709. The summed E-state index contributed by atoms with van der Waals surface area (Å²) in [6.07, 6.45) is 3.00. The maximum atomic E-state index is 14.7. The summed E-state index contributed by atoms with van der Waals surface area (Å²) in [5, 5.41) is 9.79. The minimum absolute atomic E-state index is 0.125. The van der Waals surface area contributed by atoms with Crippen molar-refractivity contribution in [2.45, 2.75) is 70.6 Å². The molecule has 3 rings (SSSR count). The van der Waals surface area contributed by atoms with Crippen LogP contribution in [0.1, 0.15) is 69.3 Å². The van der Waals surface area contributed by atoms with Crippen molar-refractivity contribution in [2.24, 2.45) is 21.6 Å². The molecule has 1 aliphatic heterocycles. The molecule has 0 spiro atoms. The van der Waals surface area contributed by atoms with Gasteiger partial charge in [-0.1, -0.05) is 6.07 Å². The highest BCUT2D eigenvalue weighted by Gasteiger charge is 2.39. The fourth-order valence-electron chi connectivity index (χ4n) is 3.96. The number of aliphatic hydroxyl groups excluding tert-OH is 1. The van der Waals surface area contributed by atoms with Crippen LogP contribution in [0.3, 0.4) is 0 Å². The number of carbonyl (C=O) groups is 1. The molecule has 0 radical (unpaired) electrons. The van der Waals surface area contributed by atoms with E-state index in [1.54, 1.807) is 26.8 Å². The highest BCUT2D eigenvalue weighted by Crippen LogP contribution is 2.37. The number of carbonyl (C=O) groups excluding carboxylic acids is 1. The lowest BCUT2D eigenvalue weighted by atomic mass is 9.74. The van der Waals surface area contributed by atoms with E-state index >= 15 is 0 Å². The normalized spacial score (nSPS) is 27.8. The number of ether oxygens (including phenoxy) is 1. The second-order valence-electron chi connectivity index (χ2n) is 9.22. The summed E-state index contributed by atoms with van der Waals surface area (Å²) in [4.78, 5) is 21.6. The zero-order valence-electron chi connectivity index (χ0n) is 17.5. The van der Waals surface area contributed by atoms with E-state index in [1.165, 1.54) is 12.1 Å². The average Bonchev–Trinajstić information content (AvgIpc) is 2.62. The van der Waals surface area contributed by atoms with Gasteiger partial charge in [0.15, 0.2) is 0 Å². The summed E-state index contributed by atoms with van der Waals surface area (Å²) in [7, 11) is 0. The fraction of sp³-hybridized carbons (Fsp3) is 0.591. The SMILES string of the molecule is CC(C)(C)OC(=O)c1ccc(C2=NC(C)([C@H]3CC[C@H](O)CC3)CN=C2N)cc1F. The Kier molecular flexibility index (Phi) is 5.81. The van der Waals surface area contributed by atoms with Crippen LogP contribution >= 0.6 is 0 Å². The van der Waals surface area contributed by atoms with Gasteiger partial charge in [0.1, 0.15) is 23.0 Å². The van der Waals surface area contributed by atoms with Crippen LogP contribution in [0.15, 0.2) is 28.2 Å². The lowest BCUT2D eigenvalue weighted by Crippen LogP contribution is -2.45. The molecule has 29 heavy (non-hydrogen) atoms. The molecule has 1 saturated carbocycles. The first kappa shape index (κ1) is 21.4. The second-order valence-corrected chi connectivity index (χ2v) is 9.22. The van der Waals surface area contributed by atoms with Gasteiger partial charge in [0.05, 0.1) is 23.8 Å². The Morgan fingerprint density at radius 3 is 2.52 bits per heavy atom. The van der Waals surface area contributed by atoms with E-state index in [4.69, 9.17) is 15.5 Å². The van der Waals surface area contributed by atoms with Crippen LogP contribution in [0.5, 0.6) is 0 Å². The Hall–Kier alpha value is -2.28. The maximum absolute atomic E-state index is 14.7. The molecule has 3 N–H and O–H groups in total. The van der Waals surface area contributed by atoms with Gasteiger partial charge >= 0.3 is 5.97 Å². The van der Waals surface area contributed by atoms with Crippen molar-refractivity contribution in [1.82, 2.24) is 0 Å². The minimum Gasteiger partial charge on any atom is -0.456 e. The van der Waals surface area contributed by atoms with Gasteiger partial charge in [0.25, 0.3) is 0 Å². The molecular weight excluding hydrogens is 373 g/mol. The number of hydrogen-bond acceptors (Lipinski definition) is 6. The van der Waals surface area contributed by atoms with Gasteiger partial charge in [-0.15, -0.1) is 0 Å². The van der Waals surface area contributed by atoms with Crippen molar-refractivity contribution < 1.29 is 19.0 Å². The lowest BCUT2D eigenvalue weighted by molar-refractivity contribution is 0.00646. The van der Waals surface area contributed by atoms with E-state index in [-0.39, 0.29) is 23.4 Å². The van der Waals surface area contributed by atoms with Crippen molar-refractivity contribution in [3.63, 3.8) is 0 Å². The number of benzene rings is 1. The van der Waals surface area contributed by atoms with E-state index < -0.39 is 22.9 Å². The predicted octanol–water partition coefficient (Wildman–Crippen LogP) is 3.25. The molecule has 158 valence electrons. The maximum Gasteiger partial charge on any atom is 0.341 e. The second kappa shape index (κ2) is 7.86. The first-order valence-electron chi connectivity index (χ1n) is 10.1. The Balaban J connectivity index is 1.88. The number of rotatable bonds is 3. The zero-order chi connectivity index (χ0) is 21.4. The van der Waals surface area contributed by atoms with Crippen LogP contribution < -0.4 is 5.73 Å². The molecular formula is C22H30FN3O3. The van der Waals surface area contributed by atoms with Crippen molar-refractivity contribution >= 4 is 17.5 Å². The summed E-state index contributed by atoms with van der Waals surface area (Å²) in [6, 6.07) is 4.29. The monoisotopic (exact) mass is 403 g/mol. The van der Waals surface area contributed by atoms with Crippen molar-refractivity contribution in [1.29, 1.82) is 0 Å². The van der Waals surface area contributed by atoms with Gasteiger partial charge in [-0.3, -0.25) is 9.98 Å². The summed E-state index contributed by atoms with van der Waals surface area (Å²) in [5.41, 5.74) is 5.73. The molecule has 1 unspecified atom stereocenters. The third-order valence-corrected chi connectivity index (χ3v) is 5.62. The van der Waals surface area contributed by atoms with E-state index in [0.29, 0.717) is 17.8 Å². The Bertz CT molecular complexity index is 851. The topological polar surface area (TPSA) is 97.3 Å². The van der Waals surface area contributed by atoms with E-state index in [2.05, 4.69) is 4.99 Å². The number of nitrogens with two attached hydrogens (primary N) is 1. The van der Waals surface area contributed by atoms with Crippen molar-refractivity contribution in [3.05, 3.63) is 35.1 Å². The zero-order valence-corrected chi connectivity index (χ0v) is 17.5. The number of nitrogens with zero attached hydrogens (tertiary/aromatic N) is 2. The van der Waals surface area contributed by atoms with Gasteiger partial charge in [-0.2, -0.15) is 0 Å². The number of esters is 1. The first-order valence-corrected chi connectivity index (χ1v) is 10.1. The molecule has 0 aromatic heterocycles. The third kappa shape index (κ3) is 4.83. The van der Waals surface area contributed by atoms with Crippen molar-refractivity contribution in [3.8, 4) is 0 Å². The highest BCUT2D eigenvalue weighted by atomic mass is 19.1. The van der Waals surface area contributed by atoms with Gasteiger partial charge in [-0.25, -0.2) is 9.18 Å². The summed E-state index contributed by atoms with van der Waals surface area (Å²) >= 11 is 0. The number of halogens is 1. The summed E-state index contributed by atoms with van der Waals surface area (Å²) < 4.78 is 19.9. The number of aliphatic hydroxyl groups is 1. The van der Waals surface area contributed by atoms with Gasteiger partial charge < -0.3 is 15.6 Å². The quantitative estimate of drug-likeness (QED) is 0.757. The van der Waals surface area contributed by atoms with Crippen molar-refractivity contribution in [2.75, 3.05) is 6.54 Å². The lowest BCUT2D eigenvalue weighted by Gasteiger charge is -2.39.